The van der Waals surface area contributed by atoms with E-state index in [1.165, 1.54) is 11.9 Å². The second-order valence-electron chi connectivity index (χ2n) is 7.89. The van der Waals surface area contributed by atoms with Crippen LogP contribution < -0.4 is 0 Å². The first-order valence-electron chi connectivity index (χ1n) is 11.7. The van der Waals surface area contributed by atoms with Gasteiger partial charge in [0.1, 0.15) is 5.52 Å². The van der Waals surface area contributed by atoms with Crippen LogP contribution in [0.4, 0.5) is 0 Å². The number of aliphatic imine (C=N–C) groups is 1. The first-order chi connectivity index (χ1) is 17.7. The molecular formula is C29H27N5O2. The number of ether oxygens (including phenoxy) is 1. The molecule has 0 saturated carbocycles. The second-order valence-corrected chi connectivity index (χ2v) is 7.89. The van der Waals surface area contributed by atoms with E-state index in [1.807, 2.05) is 78.9 Å². The summed E-state index contributed by atoms with van der Waals surface area (Å²) in [6, 6.07) is 28.6. The van der Waals surface area contributed by atoms with Crippen molar-refractivity contribution in [2.75, 3.05) is 6.61 Å². The Morgan fingerprint density at radius 3 is 2.00 bits per heavy atom. The number of nitrogens with one attached hydrogen (secondary N) is 1. The molecule has 0 fully saturated rings. The summed E-state index contributed by atoms with van der Waals surface area (Å²) >= 11 is 0. The monoisotopic (exact) mass is 477 g/mol. The van der Waals surface area contributed by atoms with Gasteiger partial charge in [0.15, 0.2) is 11.5 Å². The lowest BCUT2D eigenvalue weighted by Gasteiger charge is -2.14. The molecular weight excluding hydrogens is 450 g/mol. The fraction of sp³-hybridized carbons (Fsp3) is 0.138. The van der Waals surface area contributed by atoms with Crippen LogP contribution in [0, 0.1) is 6.92 Å². The van der Waals surface area contributed by atoms with Crippen LogP contribution in [-0.2, 0) is 9.53 Å². The highest BCUT2D eigenvalue weighted by atomic mass is 16.5. The van der Waals surface area contributed by atoms with Crippen LogP contribution in [0.2, 0.25) is 0 Å². The number of H-pyrrole nitrogens is 1. The van der Waals surface area contributed by atoms with Crippen molar-refractivity contribution in [3.05, 3.63) is 126 Å². The highest BCUT2D eigenvalue weighted by Crippen LogP contribution is 2.21. The minimum Gasteiger partial charge on any atom is -0.464 e. The lowest BCUT2D eigenvalue weighted by molar-refractivity contribution is -0.144. The van der Waals surface area contributed by atoms with Gasteiger partial charge in [-0.1, -0.05) is 96.6 Å². The highest BCUT2D eigenvalue weighted by molar-refractivity contribution is 6.13. The van der Waals surface area contributed by atoms with Crippen molar-refractivity contribution in [2.24, 2.45) is 4.99 Å². The molecule has 1 N–H and O–H groups in total. The smallest absolute Gasteiger partial charge is 0.338 e. The van der Waals surface area contributed by atoms with Gasteiger partial charge < -0.3 is 9.72 Å². The lowest BCUT2D eigenvalue weighted by atomic mass is 10.0. The Kier molecular flexibility index (Phi) is 8.27. The molecule has 0 amide bonds. The van der Waals surface area contributed by atoms with Gasteiger partial charge in [-0.2, -0.15) is 0 Å². The number of aromatic nitrogens is 4. The molecule has 3 aromatic carbocycles. The van der Waals surface area contributed by atoms with Crippen LogP contribution in [0.1, 0.15) is 35.5 Å². The Morgan fingerprint density at radius 2 is 1.47 bits per heavy atom. The standard InChI is InChI=1S/C22H19N5O2.C7H8/c1-2-29-22(28)19(21-23-13-17-20(27-21)25-14-24-17)26-18(15-9-5-3-6-10-15)16-11-7-4-8-12-16;1-7-5-3-2-4-6-7/h3-14,19H,2H2,1H3,(H,23,24,25,27);2-6H,1H3. The van der Waals surface area contributed by atoms with Gasteiger partial charge in [-0.25, -0.2) is 19.7 Å². The van der Waals surface area contributed by atoms with E-state index >= 15 is 0 Å². The molecule has 0 aliphatic carbocycles. The average Bonchev–Trinajstić information content (AvgIpc) is 3.39. The first kappa shape index (κ1) is 24.5. The molecule has 2 aromatic heterocycles. The second kappa shape index (κ2) is 12.2. The fourth-order valence-corrected chi connectivity index (χ4v) is 3.49. The quantitative estimate of drug-likeness (QED) is 0.258. The number of hydrogen-bond acceptors (Lipinski definition) is 6. The molecule has 2 heterocycles. The number of benzene rings is 3. The zero-order valence-corrected chi connectivity index (χ0v) is 20.2. The van der Waals surface area contributed by atoms with Crippen LogP contribution >= 0.6 is 0 Å². The summed E-state index contributed by atoms with van der Waals surface area (Å²) in [5.41, 5.74) is 4.91. The number of hydrogen-bond donors (Lipinski definition) is 1. The number of imidazole rings is 1. The Balaban J connectivity index is 0.000000375. The number of aryl methyl sites for hydroxylation is 1. The summed E-state index contributed by atoms with van der Waals surface area (Å²) in [6.07, 6.45) is 3.13. The SMILES string of the molecule is CCOC(=O)C(N=C(c1ccccc1)c1ccccc1)c1ncc2[nH]cnc2n1.Cc1ccccc1. The van der Waals surface area contributed by atoms with E-state index in [0.717, 1.165) is 11.1 Å². The third-order valence-corrected chi connectivity index (χ3v) is 5.24. The van der Waals surface area contributed by atoms with E-state index in [2.05, 4.69) is 39.0 Å². The van der Waals surface area contributed by atoms with E-state index in [9.17, 15) is 4.79 Å². The number of aromatic amines is 1. The molecule has 0 bridgehead atoms. The van der Waals surface area contributed by atoms with Crippen molar-refractivity contribution in [1.82, 2.24) is 19.9 Å². The normalized spacial score (nSPS) is 11.2. The molecule has 7 heteroatoms. The topological polar surface area (TPSA) is 93.1 Å². The minimum atomic E-state index is -1.01. The van der Waals surface area contributed by atoms with Gasteiger partial charge in [0.2, 0.25) is 6.04 Å². The molecule has 180 valence electrons. The summed E-state index contributed by atoms with van der Waals surface area (Å²) in [6.45, 7) is 4.08. The Morgan fingerprint density at radius 1 is 0.889 bits per heavy atom. The van der Waals surface area contributed by atoms with Gasteiger partial charge in [-0.3, -0.25) is 4.99 Å². The van der Waals surface area contributed by atoms with Crippen molar-refractivity contribution >= 4 is 22.8 Å². The predicted molar refractivity (Wildman–Crippen MR) is 141 cm³/mol. The van der Waals surface area contributed by atoms with Gasteiger partial charge in [0, 0.05) is 11.1 Å². The van der Waals surface area contributed by atoms with Crippen LogP contribution in [0.3, 0.4) is 0 Å². The molecule has 36 heavy (non-hydrogen) atoms. The molecule has 5 aromatic rings. The zero-order valence-electron chi connectivity index (χ0n) is 20.2. The number of nitrogens with zero attached hydrogens (tertiary/aromatic N) is 4. The molecule has 0 spiro atoms. The van der Waals surface area contributed by atoms with Crippen molar-refractivity contribution in [3.63, 3.8) is 0 Å². The van der Waals surface area contributed by atoms with Gasteiger partial charge >= 0.3 is 5.97 Å². The summed E-state index contributed by atoms with van der Waals surface area (Å²) in [4.78, 5) is 33.4. The summed E-state index contributed by atoms with van der Waals surface area (Å²) < 4.78 is 5.27. The number of esters is 1. The van der Waals surface area contributed by atoms with Gasteiger partial charge in [0.25, 0.3) is 0 Å². The van der Waals surface area contributed by atoms with Crippen molar-refractivity contribution in [2.45, 2.75) is 19.9 Å². The molecule has 7 nitrogen and oxygen atoms in total. The Hall–Kier alpha value is -4.65. The summed E-state index contributed by atoms with van der Waals surface area (Å²) in [7, 11) is 0. The number of rotatable bonds is 6. The van der Waals surface area contributed by atoms with Crippen LogP contribution in [0.25, 0.3) is 11.2 Å². The molecule has 1 unspecified atom stereocenters. The van der Waals surface area contributed by atoms with Crippen molar-refractivity contribution in [1.29, 1.82) is 0 Å². The molecule has 1 atom stereocenters. The average molecular weight is 478 g/mol. The van der Waals surface area contributed by atoms with Crippen molar-refractivity contribution in [3.8, 4) is 0 Å². The van der Waals surface area contributed by atoms with E-state index in [-0.39, 0.29) is 12.4 Å². The van der Waals surface area contributed by atoms with E-state index < -0.39 is 12.0 Å². The minimum absolute atomic E-state index is 0.238. The summed E-state index contributed by atoms with van der Waals surface area (Å²) in [5, 5.41) is 0. The maximum atomic E-state index is 12.8. The Bertz CT molecular complexity index is 1380. The third-order valence-electron chi connectivity index (χ3n) is 5.24. The summed E-state index contributed by atoms with van der Waals surface area (Å²) in [5.74, 6) is -0.265. The van der Waals surface area contributed by atoms with Crippen LogP contribution in [0.15, 0.2) is 109 Å². The molecule has 0 aliphatic rings. The highest BCUT2D eigenvalue weighted by Gasteiger charge is 2.26. The maximum Gasteiger partial charge on any atom is 0.338 e. The number of fused-ring (bicyclic) bond motifs is 1. The number of carbonyl (C=O) groups is 1. The third kappa shape index (κ3) is 6.27. The zero-order chi connectivity index (χ0) is 25.2. The van der Waals surface area contributed by atoms with Gasteiger partial charge in [0.05, 0.1) is 24.8 Å². The fourth-order valence-electron chi connectivity index (χ4n) is 3.49. The molecule has 0 aliphatic heterocycles. The number of carbonyl (C=O) groups excluding carboxylic acids is 1. The molecule has 0 saturated heterocycles. The Labute approximate surface area is 210 Å². The predicted octanol–water partition coefficient (Wildman–Crippen LogP) is 5.49. The van der Waals surface area contributed by atoms with Crippen molar-refractivity contribution < 1.29 is 9.53 Å². The van der Waals surface area contributed by atoms with E-state index in [4.69, 9.17) is 9.73 Å². The van der Waals surface area contributed by atoms with E-state index in [1.54, 1.807) is 13.1 Å². The van der Waals surface area contributed by atoms with Crippen LogP contribution in [0.5, 0.6) is 0 Å². The molecule has 0 radical (unpaired) electrons. The van der Waals surface area contributed by atoms with Gasteiger partial charge in [-0.15, -0.1) is 0 Å². The maximum absolute atomic E-state index is 12.8. The van der Waals surface area contributed by atoms with E-state index in [0.29, 0.717) is 16.9 Å². The largest absolute Gasteiger partial charge is 0.464 e. The first-order valence-corrected chi connectivity index (χ1v) is 11.7. The van der Waals surface area contributed by atoms with Crippen LogP contribution in [-0.4, -0.2) is 38.2 Å². The lowest BCUT2D eigenvalue weighted by Crippen LogP contribution is -2.19. The van der Waals surface area contributed by atoms with Gasteiger partial charge in [-0.05, 0) is 13.8 Å². The molecule has 5 rings (SSSR count).